The van der Waals surface area contributed by atoms with E-state index in [1.54, 1.807) is 49.4 Å². The highest BCUT2D eigenvalue weighted by atomic mass is 16.2. The standard InChI is InChI=1S/C20H20N2O3/c1-12(2)11-18(23)21-16-9-6-10-17(13(16)3)22-19(24)14-7-4-5-8-15(14)20(22)25/h4-10,12H,11H2,1-3H3,(H,21,23). The first kappa shape index (κ1) is 16.9. The normalized spacial score (nSPS) is 13.4. The van der Waals surface area contributed by atoms with Crippen molar-refractivity contribution in [2.24, 2.45) is 5.92 Å². The van der Waals surface area contributed by atoms with Gasteiger partial charge in [0.15, 0.2) is 0 Å². The molecule has 2 aromatic carbocycles. The first-order valence-corrected chi connectivity index (χ1v) is 8.27. The van der Waals surface area contributed by atoms with Crippen LogP contribution in [0.1, 0.15) is 46.5 Å². The van der Waals surface area contributed by atoms with Crippen LogP contribution < -0.4 is 10.2 Å². The second-order valence-electron chi connectivity index (χ2n) is 6.59. The Kier molecular flexibility index (Phi) is 4.40. The number of nitrogens with one attached hydrogen (secondary N) is 1. The maximum Gasteiger partial charge on any atom is 0.266 e. The van der Waals surface area contributed by atoms with E-state index in [0.29, 0.717) is 34.5 Å². The quantitative estimate of drug-likeness (QED) is 0.864. The molecule has 0 bridgehead atoms. The zero-order valence-corrected chi connectivity index (χ0v) is 14.5. The first-order chi connectivity index (χ1) is 11.9. The van der Waals surface area contributed by atoms with Crippen molar-refractivity contribution in [3.8, 4) is 0 Å². The fraction of sp³-hybridized carbons (Fsp3) is 0.250. The summed E-state index contributed by atoms with van der Waals surface area (Å²) in [5.41, 5.74) is 2.60. The Morgan fingerprint density at radius 1 is 1.00 bits per heavy atom. The molecule has 5 nitrogen and oxygen atoms in total. The second kappa shape index (κ2) is 6.51. The van der Waals surface area contributed by atoms with E-state index in [9.17, 15) is 14.4 Å². The average Bonchev–Trinajstić information content (AvgIpc) is 2.81. The maximum absolute atomic E-state index is 12.7. The average molecular weight is 336 g/mol. The van der Waals surface area contributed by atoms with Crippen molar-refractivity contribution >= 4 is 29.1 Å². The third kappa shape index (κ3) is 3.05. The number of imide groups is 1. The van der Waals surface area contributed by atoms with Gasteiger partial charge in [0.25, 0.3) is 11.8 Å². The van der Waals surface area contributed by atoms with Crippen molar-refractivity contribution in [2.45, 2.75) is 27.2 Å². The zero-order chi connectivity index (χ0) is 18.1. The molecule has 25 heavy (non-hydrogen) atoms. The molecule has 0 aromatic heterocycles. The van der Waals surface area contributed by atoms with Crippen LogP contribution in [0.5, 0.6) is 0 Å². The number of amides is 3. The van der Waals surface area contributed by atoms with E-state index in [1.165, 1.54) is 4.90 Å². The lowest BCUT2D eigenvalue weighted by atomic mass is 10.1. The van der Waals surface area contributed by atoms with E-state index < -0.39 is 0 Å². The van der Waals surface area contributed by atoms with Gasteiger partial charge in [-0.1, -0.05) is 32.0 Å². The highest BCUT2D eigenvalue weighted by molar-refractivity contribution is 6.34. The molecule has 5 heteroatoms. The fourth-order valence-corrected chi connectivity index (χ4v) is 2.98. The molecule has 1 aliphatic heterocycles. The Morgan fingerprint density at radius 3 is 2.16 bits per heavy atom. The van der Waals surface area contributed by atoms with Crippen LogP contribution in [-0.2, 0) is 4.79 Å². The predicted octanol–water partition coefficient (Wildman–Crippen LogP) is 3.78. The Balaban J connectivity index is 1.95. The number of carbonyl (C=O) groups is 3. The van der Waals surface area contributed by atoms with Crippen molar-refractivity contribution in [3.63, 3.8) is 0 Å². The molecule has 0 atom stereocenters. The number of benzene rings is 2. The highest BCUT2D eigenvalue weighted by Gasteiger charge is 2.37. The van der Waals surface area contributed by atoms with E-state index in [4.69, 9.17) is 0 Å². The maximum atomic E-state index is 12.7. The summed E-state index contributed by atoms with van der Waals surface area (Å²) in [5, 5.41) is 2.87. The first-order valence-electron chi connectivity index (χ1n) is 8.27. The predicted molar refractivity (Wildman–Crippen MR) is 96.8 cm³/mol. The number of hydrogen-bond donors (Lipinski definition) is 1. The lowest BCUT2D eigenvalue weighted by Gasteiger charge is -2.19. The molecule has 0 spiro atoms. The Labute approximate surface area is 146 Å². The topological polar surface area (TPSA) is 66.5 Å². The van der Waals surface area contributed by atoms with Gasteiger partial charge in [-0.2, -0.15) is 0 Å². The van der Waals surface area contributed by atoms with Crippen molar-refractivity contribution in [1.82, 2.24) is 0 Å². The summed E-state index contributed by atoms with van der Waals surface area (Å²) in [6, 6.07) is 12.0. The number of rotatable bonds is 4. The van der Waals surface area contributed by atoms with Crippen LogP contribution in [0, 0.1) is 12.8 Å². The van der Waals surface area contributed by atoms with Gasteiger partial charge in [-0.15, -0.1) is 0 Å². The zero-order valence-electron chi connectivity index (χ0n) is 14.5. The van der Waals surface area contributed by atoms with E-state index >= 15 is 0 Å². The molecule has 128 valence electrons. The Bertz CT molecular complexity index is 836. The van der Waals surface area contributed by atoms with Crippen molar-refractivity contribution in [3.05, 3.63) is 59.2 Å². The minimum atomic E-state index is -0.339. The van der Waals surface area contributed by atoms with Crippen LogP contribution in [0.4, 0.5) is 11.4 Å². The number of anilines is 2. The van der Waals surface area contributed by atoms with Crippen LogP contribution in [0.2, 0.25) is 0 Å². The molecule has 2 aromatic rings. The van der Waals surface area contributed by atoms with Crippen molar-refractivity contribution < 1.29 is 14.4 Å². The van der Waals surface area contributed by atoms with E-state index in [1.807, 2.05) is 13.8 Å². The molecule has 1 aliphatic rings. The van der Waals surface area contributed by atoms with Crippen LogP contribution in [0.3, 0.4) is 0 Å². The van der Waals surface area contributed by atoms with Crippen molar-refractivity contribution in [1.29, 1.82) is 0 Å². The molecule has 0 aliphatic carbocycles. The minimum Gasteiger partial charge on any atom is -0.326 e. The van der Waals surface area contributed by atoms with Gasteiger partial charge in [0.1, 0.15) is 0 Å². The molecule has 3 amide bonds. The molecular weight excluding hydrogens is 316 g/mol. The second-order valence-corrected chi connectivity index (χ2v) is 6.59. The molecule has 3 rings (SSSR count). The summed E-state index contributed by atoms with van der Waals surface area (Å²) in [6.45, 7) is 5.74. The van der Waals surface area contributed by atoms with Gasteiger partial charge < -0.3 is 5.32 Å². The molecule has 0 radical (unpaired) electrons. The van der Waals surface area contributed by atoms with Gasteiger partial charge in [0.2, 0.25) is 5.91 Å². The minimum absolute atomic E-state index is 0.0855. The van der Waals surface area contributed by atoms with E-state index in [0.717, 1.165) is 0 Å². The molecule has 0 saturated heterocycles. The number of hydrogen-bond acceptors (Lipinski definition) is 3. The summed E-state index contributed by atoms with van der Waals surface area (Å²) in [6.07, 6.45) is 0.413. The largest absolute Gasteiger partial charge is 0.326 e. The lowest BCUT2D eigenvalue weighted by molar-refractivity contribution is -0.116. The number of fused-ring (bicyclic) bond motifs is 1. The Hall–Kier alpha value is -2.95. The van der Waals surface area contributed by atoms with Crippen molar-refractivity contribution in [2.75, 3.05) is 10.2 Å². The van der Waals surface area contributed by atoms with Crippen LogP contribution in [-0.4, -0.2) is 17.7 Å². The number of nitrogens with zero attached hydrogens (tertiary/aromatic N) is 1. The smallest absolute Gasteiger partial charge is 0.266 e. The number of carbonyl (C=O) groups excluding carboxylic acids is 3. The third-order valence-electron chi connectivity index (χ3n) is 4.21. The van der Waals surface area contributed by atoms with Gasteiger partial charge in [-0.05, 0) is 42.7 Å². The molecule has 1 heterocycles. The lowest BCUT2D eigenvalue weighted by Crippen LogP contribution is -2.30. The van der Waals surface area contributed by atoms with E-state index in [-0.39, 0.29) is 23.6 Å². The van der Waals surface area contributed by atoms with E-state index in [2.05, 4.69) is 5.32 Å². The fourth-order valence-electron chi connectivity index (χ4n) is 2.98. The summed E-state index contributed by atoms with van der Waals surface area (Å²) in [5.74, 6) is -0.513. The molecule has 0 fully saturated rings. The van der Waals surface area contributed by atoms with Gasteiger partial charge >= 0.3 is 0 Å². The van der Waals surface area contributed by atoms with Gasteiger partial charge in [0.05, 0.1) is 16.8 Å². The molecule has 0 unspecified atom stereocenters. The summed E-state index contributed by atoms with van der Waals surface area (Å²) >= 11 is 0. The van der Waals surface area contributed by atoms with Crippen LogP contribution in [0.25, 0.3) is 0 Å². The SMILES string of the molecule is Cc1c(NC(=O)CC(C)C)cccc1N1C(=O)c2ccccc2C1=O. The van der Waals surface area contributed by atoms with Crippen LogP contribution in [0.15, 0.2) is 42.5 Å². The van der Waals surface area contributed by atoms with Gasteiger partial charge in [-0.3, -0.25) is 14.4 Å². The Morgan fingerprint density at radius 2 is 1.60 bits per heavy atom. The highest BCUT2D eigenvalue weighted by Crippen LogP contribution is 2.33. The van der Waals surface area contributed by atoms with Crippen LogP contribution >= 0.6 is 0 Å². The summed E-state index contributed by atoms with van der Waals surface area (Å²) in [4.78, 5) is 38.5. The van der Waals surface area contributed by atoms with Gasteiger partial charge in [-0.25, -0.2) is 4.90 Å². The molecule has 0 saturated carbocycles. The monoisotopic (exact) mass is 336 g/mol. The molecular formula is C20H20N2O3. The molecule has 1 N–H and O–H groups in total. The van der Waals surface area contributed by atoms with Gasteiger partial charge in [0, 0.05) is 12.1 Å². The third-order valence-corrected chi connectivity index (χ3v) is 4.21. The summed E-state index contributed by atoms with van der Waals surface area (Å²) < 4.78 is 0. The summed E-state index contributed by atoms with van der Waals surface area (Å²) in [7, 11) is 0.